The first kappa shape index (κ1) is 19.7. The van der Waals surface area contributed by atoms with Crippen molar-refractivity contribution >= 4 is 33.5 Å². The zero-order chi connectivity index (χ0) is 18.6. The largest absolute Gasteiger partial charge is 0.452 e. The number of nitrogens with zero attached hydrogens (tertiary/aromatic N) is 1. The molecule has 25 heavy (non-hydrogen) atoms. The Bertz CT molecular complexity index is 766. The number of hydrogen-bond donors (Lipinski definition) is 1. The van der Waals surface area contributed by atoms with Gasteiger partial charge in [0.1, 0.15) is 4.90 Å². The SMILES string of the molecule is CC[C@@H]1CCCCN1C(=O)COC(=O)c1ccc(Cl)c(S(N)(=O)=O)c1. The summed E-state index contributed by atoms with van der Waals surface area (Å²) in [6.07, 6.45) is 3.83. The molecular weight excluding hydrogens is 368 g/mol. The summed E-state index contributed by atoms with van der Waals surface area (Å²) in [5.74, 6) is -1.06. The van der Waals surface area contributed by atoms with Crippen molar-refractivity contribution in [3.05, 3.63) is 28.8 Å². The second-order valence-corrected chi connectivity index (χ2v) is 7.85. The van der Waals surface area contributed by atoms with Crippen molar-refractivity contribution in [2.75, 3.05) is 13.2 Å². The molecule has 1 aromatic carbocycles. The lowest BCUT2D eigenvalue weighted by molar-refractivity contribution is -0.138. The van der Waals surface area contributed by atoms with Crippen LogP contribution in [0.15, 0.2) is 23.1 Å². The van der Waals surface area contributed by atoms with E-state index in [0.717, 1.165) is 31.7 Å². The number of amides is 1. The van der Waals surface area contributed by atoms with Gasteiger partial charge in [-0.1, -0.05) is 18.5 Å². The molecule has 0 radical (unpaired) electrons. The van der Waals surface area contributed by atoms with E-state index < -0.39 is 16.0 Å². The van der Waals surface area contributed by atoms with Gasteiger partial charge in [0.15, 0.2) is 6.61 Å². The van der Waals surface area contributed by atoms with E-state index in [4.69, 9.17) is 21.5 Å². The van der Waals surface area contributed by atoms with E-state index in [9.17, 15) is 18.0 Å². The number of carbonyl (C=O) groups is 2. The highest BCUT2D eigenvalue weighted by Crippen LogP contribution is 2.22. The number of sulfonamides is 1. The normalized spacial score (nSPS) is 18.0. The Labute approximate surface area is 152 Å². The van der Waals surface area contributed by atoms with Gasteiger partial charge in [-0.2, -0.15) is 0 Å². The molecule has 1 aromatic rings. The highest BCUT2D eigenvalue weighted by molar-refractivity contribution is 7.89. The zero-order valence-electron chi connectivity index (χ0n) is 13.9. The average molecular weight is 389 g/mol. The minimum atomic E-state index is -4.06. The molecule has 9 heteroatoms. The number of carbonyl (C=O) groups excluding carboxylic acids is 2. The number of nitrogens with two attached hydrogens (primary N) is 1. The van der Waals surface area contributed by atoms with Crippen LogP contribution >= 0.6 is 11.6 Å². The Morgan fingerprint density at radius 2 is 2.08 bits per heavy atom. The molecule has 0 aromatic heterocycles. The van der Waals surface area contributed by atoms with Gasteiger partial charge in [-0.05, 0) is 43.9 Å². The van der Waals surface area contributed by atoms with Crippen LogP contribution in [0, 0.1) is 0 Å². The molecule has 0 bridgehead atoms. The van der Waals surface area contributed by atoms with Crippen molar-refractivity contribution in [1.29, 1.82) is 0 Å². The molecule has 2 rings (SSSR count). The van der Waals surface area contributed by atoms with E-state index in [1.165, 1.54) is 12.1 Å². The first-order valence-electron chi connectivity index (χ1n) is 8.03. The molecule has 1 fully saturated rings. The summed E-state index contributed by atoms with van der Waals surface area (Å²) >= 11 is 5.77. The van der Waals surface area contributed by atoms with Crippen molar-refractivity contribution in [3.8, 4) is 0 Å². The predicted octanol–water partition coefficient (Wildman–Crippen LogP) is 1.94. The molecule has 1 atom stereocenters. The summed E-state index contributed by atoms with van der Waals surface area (Å²) in [6, 6.07) is 3.78. The van der Waals surface area contributed by atoms with Crippen molar-refractivity contribution < 1.29 is 22.7 Å². The monoisotopic (exact) mass is 388 g/mol. The van der Waals surface area contributed by atoms with Crippen LogP contribution < -0.4 is 5.14 Å². The highest BCUT2D eigenvalue weighted by atomic mass is 35.5. The third kappa shape index (κ3) is 4.93. The fraction of sp³-hybridized carbons (Fsp3) is 0.500. The van der Waals surface area contributed by atoms with Crippen LogP contribution in [0.4, 0.5) is 0 Å². The smallest absolute Gasteiger partial charge is 0.338 e. The number of likely N-dealkylation sites (tertiary alicyclic amines) is 1. The molecule has 0 unspecified atom stereocenters. The van der Waals surface area contributed by atoms with Gasteiger partial charge in [-0.15, -0.1) is 0 Å². The molecular formula is C16H21ClN2O5S. The summed E-state index contributed by atoms with van der Waals surface area (Å²) in [4.78, 5) is 25.8. The van der Waals surface area contributed by atoms with E-state index in [2.05, 4.69) is 0 Å². The molecule has 1 aliphatic heterocycles. The van der Waals surface area contributed by atoms with Gasteiger partial charge in [0.2, 0.25) is 10.0 Å². The molecule has 1 heterocycles. The summed E-state index contributed by atoms with van der Waals surface area (Å²) < 4.78 is 27.9. The number of ether oxygens (including phenoxy) is 1. The number of esters is 1. The van der Waals surface area contributed by atoms with Gasteiger partial charge in [-0.3, -0.25) is 4.79 Å². The van der Waals surface area contributed by atoms with E-state index in [1.807, 2.05) is 6.92 Å². The van der Waals surface area contributed by atoms with Crippen LogP contribution in [0.5, 0.6) is 0 Å². The fourth-order valence-corrected chi connectivity index (χ4v) is 3.97. The van der Waals surface area contributed by atoms with Crippen LogP contribution in [0.25, 0.3) is 0 Å². The lowest BCUT2D eigenvalue weighted by atomic mass is 10.00. The maximum atomic E-state index is 12.3. The van der Waals surface area contributed by atoms with Crippen LogP contribution in [0.2, 0.25) is 5.02 Å². The Kier molecular flexibility index (Phi) is 6.42. The highest BCUT2D eigenvalue weighted by Gasteiger charge is 2.26. The minimum absolute atomic E-state index is 0.0353. The van der Waals surface area contributed by atoms with Gasteiger partial charge in [-0.25, -0.2) is 18.4 Å². The Balaban J connectivity index is 2.04. The van der Waals surface area contributed by atoms with Crippen LogP contribution in [-0.2, 0) is 19.6 Å². The molecule has 7 nitrogen and oxygen atoms in total. The second-order valence-electron chi connectivity index (χ2n) is 5.91. The second kappa shape index (κ2) is 8.16. The summed E-state index contributed by atoms with van der Waals surface area (Å²) in [5.41, 5.74) is -0.0353. The van der Waals surface area contributed by atoms with Gasteiger partial charge >= 0.3 is 5.97 Å². The fourth-order valence-electron chi connectivity index (χ4n) is 2.90. The quantitative estimate of drug-likeness (QED) is 0.775. The number of rotatable bonds is 5. The predicted molar refractivity (Wildman–Crippen MR) is 92.8 cm³/mol. The third-order valence-corrected chi connectivity index (χ3v) is 5.61. The van der Waals surface area contributed by atoms with Crippen molar-refractivity contribution in [2.24, 2.45) is 5.14 Å². The maximum Gasteiger partial charge on any atom is 0.338 e. The number of halogens is 1. The lowest BCUT2D eigenvalue weighted by Crippen LogP contribution is -2.45. The van der Waals surface area contributed by atoms with Gasteiger partial charge < -0.3 is 9.64 Å². The van der Waals surface area contributed by atoms with E-state index in [1.54, 1.807) is 4.90 Å². The molecule has 0 aliphatic carbocycles. The maximum absolute atomic E-state index is 12.3. The number of primary sulfonamides is 1. The van der Waals surface area contributed by atoms with Crippen molar-refractivity contribution in [1.82, 2.24) is 4.90 Å². The van der Waals surface area contributed by atoms with Crippen LogP contribution in [-0.4, -0.2) is 44.4 Å². The van der Waals surface area contributed by atoms with Gasteiger partial charge in [0, 0.05) is 12.6 Å². The molecule has 138 valence electrons. The number of hydrogen-bond acceptors (Lipinski definition) is 5. The summed E-state index contributed by atoms with van der Waals surface area (Å²) in [6.45, 7) is 2.29. The number of piperidine rings is 1. The first-order chi connectivity index (χ1) is 11.7. The van der Waals surface area contributed by atoms with E-state index >= 15 is 0 Å². The van der Waals surface area contributed by atoms with Crippen molar-refractivity contribution in [3.63, 3.8) is 0 Å². The van der Waals surface area contributed by atoms with E-state index in [0.29, 0.717) is 6.54 Å². The third-order valence-electron chi connectivity index (χ3n) is 4.22. The van der Waals surface area contributed by atoms with Crippen LogP contribution in [0.1, 0.15) is 43.0 Å². The molecule has 2 N–H and O–H groups in total. The molecule has 1 saturated heterocycles. The summed E-state index contributed by atoms with van der Waals surface area (Å²) in [7, 11) is -4.06. The average Bonchev–Trinajstić information content (AvgIpc) is 2.58. The van der Waals surface area contributed by atoms with Gasteiger partial charge in [0.25, 0.3) is 5.91 Å². The van der Waals surface area contributed by atoms with E-state index in [-0.39, 0.29) is 34.0 Å². The Hall–Kier alpha value is -1.64. The Morgan fingerprint density at radius 1 is 1.36 bits per heavy atom. The minimum Gasteiger partial charge on any atom is -0.452 e. The topological polar surface area (TPSA) is 107 Å². The lowest BCUT2D eigenvalue weighted by Gasteiger charge is -2.35. The van der Waals surface area contributed by atoms with Crippen LogP contribution in [0.3, 0.4) is 0 Å². The summed E-state index contributed by atoms with van der Waals surface area (Å²) in [5, 5.41) is 4.96. The molecule has 1 aliphatic rings. The first-order valence-corrected chi connectivity index (χ1v) is 9.95. The Morgan fingerprint density at radius 3 is 2.72 bits per heavy atom. The molecule has 0 spiro atoms. The van der Waals surface area contributed by atoms with Crippen molar-refractivity contribution in [2.45, 2.75) is 43.5 Å². The molecule has 1 amide bonds. The number of benzene rings is 1. The standard InChI is InChI=1S/C16H21ClN2O5S/c1-2-12-5-3-4-8-19(12)15(20)10-24-16(21)11-6-7-13(17)14(9-11)25(18,22)23/h6-7,9,12H,2-5,8,10H2,1H3,(H2,18,22,23)/t12-/m1/s1. The molecule has 0 saturated carbocycles. The van der Waals surface area contributed by atoms with Gasteiger partial charge in [0.05, 0.1) is 10.6 Å². The zero-order valence-corrected chi connectivity index (χ0v) is 15.5.